The second kappa shape index (κ2) is 4.28. The molecule has 21 heavy (non-hydrogen) atoms. The molecule has 0 atom stereocenters. The molecule has 5 heteroatoms. The quantitative estimate of drug-likeness (QED) is 0.580. The van der Waals surface area contributed by atoms with Gasteiger partial charge in [0, 0.05) is 17.3 Å². The summed E-state index contributed by atoms with van der Waals surface area (Å²) in [4.78, 5) is 13.4. The van der Waals surface area contributed by atoms with Gasteiger partial charge in [-0.3, -0.25) is 9.55 Å². The Hall–Kier alpha value is -2.95. The van der Waals surface area contributed by atoms with Crippen molar-refractivity contribution in [3.05, 3.63) is 54.4 Å². The molecule has 102 valence electrons. The van der Waals surface area contributed by atoms with Crippen LogP contribution in [0.15, 0.2) is 48.7 Å². The zero-order valence-electron chi connectivity index (χ0n) is 11.5. The van der Waals surface area contributed by atoms with Gasteiger partial charge in [0.25, 0.3) is 0 Å². The van der Waals surface area contributed by atoms with Crippen LogP contribution in [-0.4, -0.2) is 19.5 Å². The van der Waals surface area contributed by atoms with Gasteiger partial charge in [-0.25, -0.2) is 9.97 Å². The van der Waals surface area contributed by atoms with Crippen LogP contribution in [0.1, 0.15) is 5.69 Å². The zero-order chi connectivity index (χ0) is 14.4. The Labute approximate surface area is 121 Å². The number of para-hydroxylation sites is 1. The van der Waals surface area contributed by atoms with Crippen LogP contribution in [0.25, 0.3) is 27.8 Å². The maximum absolute atomic E-state index is 6.10. The minimum absolute atomic E-state index is 0.416. The number of aromatic nitrogens is 4. The van der Waals surface area contributed by atoms with Gasteiger partial charge in [-0.2, -0.15) is 0 Å². The van der Waals surface area contributed by atoms with Gasteiger partial charge in [-0.05, 0) is 31.2 Å². The van der Waals surface area contributed by atoms with E-state index in [1.165, 1.54) is 0 Å². The number of nitrogens with two attached hydrogens (primary N) is 1. The lowest BCUT2D eigenvalue weighted by Gasteiger charge is -2.09. The van der Waals surface area contributed by atoms with Gasteiger partial charge in [0.1, 0.15) is 5.52 Å². The number of fused-ring (bicyclic) bond motifs is 2. The summed E-state index contributed by atoms with van der Waals surface area (Å²) in [7, 11) is 0. The molecule has 0 spiro atoms. The van der Waals surface area contributed by atoms with E-state index in [1.807, 2.05) is 47.9 Å². The fourth-order valence-electron chi connectivity index (χ4n) is 2.58. The third kappa shape index (κ3) is 1.74. The van der Waals surface area contributed by atoms with Crippen LogP contribution in [-0.2, 0) is 0 Å². The van der Waals surface area contributed by atoms with Crippen LogP contribution in [0.3, 0.4) is 0 Å². The highest BCUT2D eigenvalue weighted by atomic mass is 15.2. The van der Waals surface area contributed by atoms with Crippen molar-refractivity contribution in [2.24, 2.45) is 0 Å². The van der Waals surface area contributed by atoms with Gasteiger partial charge < -0.3 is 5.73 Å². The number of aryl methyl sites for hydroxylation is 1. The van der Waals surface area contributed by atoms with E-state index in [1.54, 1.807) is 6.20 Å². The number of rotatable bonds is 1. The molecule has 0 radical (unpaired) electrons. The highest BCUT2D eigenvalue weighted by Crippen LogP contribution is 2.26. The average molecular weight is 275 g/mol. The molecule has 2 N–H and O–H groups in total. The standard InChI is InChI=1S/C16H13N5/c1-10-7-8-11-4-2-6-13(14(11)19-10)21-15-12(20-16(21)17)5-3-9-18-15/h2-9H,1H3,(H2,17,20). The number of nitrogen functional groups attached to an aromatic ring is 1. The van der Waals surface area contributed by atoms with Crippen molar-refractivity contribution in [1.82, 2.24) is 19.5 Å². The van der Waals surface area contributed by atoms with Gasteiger partial charge in [-0.1, -0.05) is 18.2 Å². The monoisotopic (exact) mass is 275 g/mol. The molecule has 1 aromatic carbocycles. The van der Waals surface area contributed by atoms with Crippen LogP contribution in [0, 0.1) is 6.92 Å². The Morgan fingerprint density at radius 1 is 1.00 bits per heavy atom. The molecule has 4 aromatic rings. The predicted octanol–water partition coefficient (Wildman–Crippen LogP) is 2.86. The Balaban J connectivity index is 2.14. The van der Waals surface area contributed by atoms with Crippen molar-refractivity contribution >= 4 is 28.0 Å². The Kier molecular flexibility index (Phi) is 2.41. The summed E-state index contributed by atoms with van der Waals surface area (Å²) < 4.78 is 1.85. The summed E-state index contributed by atoms with van der Waals surface area (Å²) in [6, 6.07) is 13.8. The van der Waals surface area contributed by atoms with E-state index in [-0.39, 0.29) is 0 Å². The summed E-state index contributed by atoms with van der Waals surface area (Å²) in [5.41, 5.74) is 10.4. The molecule has 0 bridgehead atoms. The van der Waals surface area contributed by atoms with E-state index in [0.717, 1.165) is 33.4 Å². The van der Waals surface area contributed by atoms with Gasteiger partial charge in [0.15, 0.2) is 5.65 Å². The van der Waals surface area contributed by atoms with E-state index < -0.39 is 0 Å². The summed E-state index contributed by atoms with van der Waals surface area (Å²) in [5.74, 6) is 0.416. The van der Waals surface area contributed by atoms with Gasteiger partial charge in [-0.15, -0.1) is 0 Å². The van der Waals surface area contributed by atoms with Gasteiger partial charge in [0.05, 0.1) is 11.2 Å². The van der Waals surface area contributed by atoms with Crippen LogP contribution >= 0.6 is 0 Å². The minimum Gasteiger partial charge on any atom is -0.369 e. The Morgan fingerprint density at radius 3 is 2.81 bits per heavy atom. The molecule has 0 saturated carbocycles. The molecule has 5 nitrogen and oxygen atoms in total. The first-order valence-corrected chi connectivity index (χ1v) is 6.70. The number of imidazole rings is 1. The molecule has 0 fully saturated rings. The molecule has 0 aliphatic rings. The normalized spacial score (nSPS) is 11.3. The zero-order valence-corrected chi connectivity index (χ0v) is 11.5. The van der Waals surface area contributed by atoms with Crippen molar-refractivity contribution in [2.75, 3.05) is 5.73 Å². The van der Waals surface area contributed by atoms with Gasteiger partial charge >= 0.3 is 0 Å². The number of anilines is 1. The smallest absolute Gasteiger partial charge is 0.207 e. The van der Waals surface area contributed by atoms with E-state index in [4.69, 9.17) is 5.73 Å². The lowest BCUT2D eigenvalue weighted by atomic mass is 10.1. The minimum atomic E-state index is 0.416. The van der Waals surface area contributed by atoms with E-state index >= 15 is 0 Å². The van der Waals surface area contributed by atoms with Crippen LogP contribution in [0.4, 0.5) is 5.95 Å². The molecule has 3 aromatic heterocycles. The fourth-order valence-corrected chi connectivity index (χ4v) is 2.58. The van der Waals surface area contributed by atoms with Gasteiger partial charge in [0.2, 0.25) is 5.95 Å². The molecule has 0 amide bonds. The average Bonchev–Trinajstić information content (AvgIpc) is 2.82. The first-order chi connectivity index (χ1) is 10.2. The lowest BCUT2D eigenvalue weighted by Crippen LogP contribution is -2.03. The molecule has 0 saturated heterocycles. The van der Waals surface area contributed by atoms with Crippen LogP contribution in [0.5, 0.6) is 0 Å². The summed E-state index contributed by atoms with van der Waals surface area (Å²) >= 11 is 0. The topological polar surface area (TPSA) is 69.6 Å². The maximum atomic E-state index is 6.10. The van der Waals surface area contributed by atoms with Crippen molar-refractivity contribution in [3.8, 4) is 5.69 Å². The van der Waals surface area contributed by atoms with Crippen molar-refractivity contribution < 1.29 is 0 Å². The van der Waals surface area contributed by atoms with E-state index in [2.05, 4.69) is 21.0 Å². The van der Waals surface area contributed by atoms with Crippen LogP contribution in [0.2, 0.25) is 0 Å². The van der Waals surface area contributed by atoms with E-state index in [0.29, 0.717) is 5.95 Å². The highest BCUT2D eigenvalue weighted by Gasteiger charge is 2.13. The molecular formula is C16H13N5. The third-order valence-corrected chi connectivity index (χ3v) is 3.52. The number of nitrogens with zero attached hydrogens (tertiary/aromatic N) is 4. The SMILES string of the molecule is Cc1ccc2cccc(-n3c(N)nc4cccnc43)c2n1. The molecule has 4 rings (SSSR count). The van der Waals surface area contributed by atoms with Crippen LogP contribution < -0.4 is 5.73 Å². The Morgan fingerprint density at radius 2 is 1.90 bits per heavy atom. The van der Waals surface area contributed by atoms with Crippen molar-refractivity contribution in [3.63, 3.8) is 0 Å². The number of hydrogen-bond acceptors (Lipinski definition) is 4. The number of pyridine rings is 2. The third-order valence-electron chi connectivity index (χ3n) is 3.52. The second-order valence-electron chi connectivity index (χ2n) is 4.95. The summed E-state index contributed by atoms with van der Waals surface area (Å²) in [6.45, 7) is 1.98. The first-order valence-electron chi connectivity index (χ1n) is 6.70. The summed E-state index contributed by atoms with van der Waals surface area (Å²) in [6.07, 6.45) is 1.74. The molecule has 3 heterocycles. The second-order valence-corrected chi connectivity index (χ2v) is 4.95. The molecule has 0 aliphatic heterocycles. The first kappa shape index (κ1) is 11.8. The summed E-state index contributed by atoms with van der Waals surface area (Å²) in [5, 5.41) is 1.07. The molecule has 0 unspecified atom stereocenters. The predicted molar refractivity (Wildman–Crippen MR) is 83.3 cm³/mol. The molecular weight excluding hydrogens is 262 g/mol. The number of benzene rings is 1. The highest BCUT2D eigenvalue weighted by molar-refractivity contribution is 5.89. The maximum Gasteiger partial charge on any atom is 0.207 e. The Bertz CT molecular complexity index is 971. The van der Waals surface area contributed by atoms with Crippen molar-refractivity contribution in [2.45, 2.75) is 6.92 Å². The largest absolute Gasteiger partial charge is 0.369 e. The molecule has 0 aliphatic carbocycles. The number of hydrogen-bond donors (Lipinski definition) is 1. The van der Waals surface area contributed by atoms with E-state index in [9.17, 15) is 0 Å². The lowest BCUT2D eigenvalue weighted by molar-refractivity contribution is 1.08. The fraction of sp³-hybridized carbons (Fsp3) is 0.0625. The van der Waals surface area contributed by atoms with Crippen molar-refractivity contribution in [1.29, 1.82) is 0 Å².